The van der Waals surface area contributed by atoms with Gasteiger partial charge in [0.1, 0.15) is 5.69 Å². The zero-order valence-electron chi connectivity index (χ0n) is 15.2. The van der Waals surface area contributed by atoms with Gasteiger partial charge < -0.3 is 15.0 Å². The van der Waals surface area contributed by atoms with Crippen molar-refractivity contribution in [3.63, 3.8) is 0 Å². The highest BCUT2D eigenvalue weighted by molar-refractivity contribution is 5.95. The van der Waals surface area contributed by atoms with Crippen molar-refractivity contribution in [1.82, 2.24) is 4.90 Å². The third-order valence-corrected chi connectivity index (χ3v) is 3.95. The number of nitrogens with zero attached hydrogens (tertiary/aromatic N) is 2. The summed E-state index contributed by atoms with van der Waals surface area (Å²) in [6, 6.07) is 12.4. The van der Waals surface area contributed by atoms with E-state index in [0.717, 1.165) is 11.1 Å². The maximum atomic E-state index is 12.6. The topological polar surface area (TPSA) is 84.7 Å². The Hall–Kier alpha value is -2.93. The second-order valence-corrected chi connectivity index (χ2v) is 6.06. The normalized spacial score (nSPS) is 10.4. The van der Waals surface area contributed by atoms with Crippen LogP contribution in [0.3, 0.4) is 0 Å². The Balaban J connectivity index is 2.15. The van der Waals surface area contributed by atoms with E-state index in [1.807, 2.05) is 31.2 Å². The number of nitro groups is 1. The van der Waals surface area contributed by atoms with Crippen molar-refractivity contribution in [2.75, 3.05) is 32.6 Å². The molecule has 2 aromatic rings. The van der Waals surface area contributed by atoms with E-state index in [1.54, 1.807) is 31.2 Å². The molecule has 0 atom stereocenters. The van der Waals surface area contributed by atoms with Gasteiger partial charge in [-0.25, -0.2) is 0 Å². The average Bonchev–Trinajstić information content (AvgIpc) is 2.63. The summed E-state index contributed by atoms with van der Waals surface area (Å²) < 4.78 is 4.93. The molecular formula is C19H23N3O4. The monoisotopic (exact) mass is 357 g/mol. The number of carbonyl (C=O) groups is 1. The minimum Gasteiger partial charge on any atom is -0.383 e. The average molecular weight is 357 g/mol. The fourth-order valence-corrected chi connectivity index (χ4v) is 2.51. The van der Waals surface area contributed by atoms with Crippen LogP contribution in [0.25, 0.3) is 0 Å². The summed E-state index contributed by atoms with van der Waals surface area (Å²) in [5.74, 6) is -0.267. The fraction of sp³-hybridized carbons (Fsp3) is 0.316. The zero-order chi connectivity index (χ0) is 19.1. The van der Waals surface area contributed by atoms with Crippen LogP contribution in [0.4, 0.5) is 11.4 Å². The van der Waals surface area contributed by atoms with Crippen LogP contribution < -0.4 is 5.32 Å². The first kappa shape index (κ1) is 19.4. The summed E-state index contributed by atoms with van der Waals surface area (Å²) in [7, 11) is 3.24. The third kappa shape index (κ3) is 5.03. The van der Waals surface area contributed by atoms with E-state index in [0.29, 0.717) is 25.4 Å². The molecule has 0 aromatic heterocycles. The van der Waals surface area contributed by atoms with E-state index in [9.17, 15) is 14.9 Å². The number of anilines is 1. The van der Waals surface area contributed by atoms with Crippen LogP contribution in [0.5, 0.6) is 0 Å². The Morgan fingerprint density at radius 3 is 2.54 bits per heavy atom. The molecule has 7 nitrogen and oxygen atoms in total. The van der Waals surface area contributed by atoms with E-state index in [-0.39, 0.29) is 17.2 Å². The molecule has 2 aromatic carbocycles. The molecule has 0 bridgehead atoms. The summed E-state index contributed by atoms with van der Waals surface area (Å²) in [4.78, 5) is 25.0. The van der Waals surface area contributed by atoms with Gasteiger partial charge in [-0.1, -0.05) is 29.8 Å². The van der Waals surface area contributed by atoms with Gasteiger partial charge in [-0.3, -0.25) is 14.9 Å². The standard InChI is InChI=1S/C19H23N3O4/c1-14-4-6-15(7-5-14)13-21(2)19(23)16-8-9-17(20-10-11-26-3)18(12-16)22(24)25/h4-9,12,20H,10-11,13H2,1-3H3. The molecule has 0 radical (unpaired) electrons. The lowest BCUT2D eigenvalue weighted by Crippen LogP contribution is -2.26. The smallest absolute Gasteiger partial charge is 0.293 e. The molecule has 0 saturated heterocycles. The van der Waals surface area contributed by atoms with E-state index in [2.05, 4.69) is 5.32 Å². The van der Waals surface area contributed by atoms with Gasteiger partial charge in [-0.15, -0.1) is 0 Å². The van der Waals surface area contributed by atoms with Crippen LogP contribution in [-0.2, 0) is 11.3 Å². The molecule has 0 unspecified atom stereocenters. The highest BCUT2D eigenvalue weighted by Gasteiger charge is 2.19. The minimum absolute atomic E-state index is 0.129. The van der Waals surface area contributed by atoms with Gasteiger partial charge in [0.2, 0.25) is 0 Å². The van der Waals surface area contributed by atoms with Gasteiger partial charge in [0.05, 0.1) is 11.5 Å². The molecule has 1 amide bonds. The molecule has 0 fully saturated rings. The fourth-order valence-electron chi connectivity index (χ4n) is 2.51. The Bertz CT molecular complexity index is 775. The summed E-state index contributed by atoms with van der Waals surface area (Å²) >= 11 is 0. The van der Waals surface area contributed by atoms with Crippen LogP contribution >= 0.6 is 0 Å². The predicted molar refractivity (Wildman–Crippen MR) is 100 cm³/mol. The van der Waals surface area contributed by atoms with Crippen LogP contribution in [0.1, 0.15) is 21.5 Å². The summed E-state index contributed by atoms with van der Waals surface area (Å²) in [5, 5.41) is 14.3. The van der Waals surface area contributed by atoms with Gasteiger partial charge in [0.25, 0.3) is 11.6 Å². The van der Waals surface area contributed by atoms with Crippen molar-refractivity contribution in [2.45, 2.75) is 13.5 Å². The maximum Gasteiger partial charge on any atom is 0.293 e. The Morgan fingerprint density at radius 1 is 1.23 bits per heavy atom. The number of hydrogen-bond donors (Lipinski definition) is 1. The quantitative estimate of drug-likeness (QED) is 0.445. The number of nitrogens with one attached hydrogen (secondary N) is 1. The molecule has 0 aliphatic rings. The highest BCUT2D eigenvalue weighted by atomic mass is 16.6. The van der Waals surface area contributed by atoms with Gasteiger partial charge in [0.15, 0.2) is 0 Å². The molecule has 0 spiro atoms. The van der Waals surface area contributed by atoms with Crippen LogP contribution in [0, 0.1) is 17.0 Å². The number of rotatable bonds is 8. The van der Waals surface area contributed by atoms with Crippen molar-refractivity contribution < 1.29 is 14.5 Å². The number of benzene rings is 2. The number of hydrogen-bond acceptors (Lipinski definition) is 5. The van der Waals surface area contributed by atoms with Crippen LogP contribution in [0.15, 0.2) is 42.5 Å². The first-order valence-corrected chi connectivity index (χ1v) is 8.24. The van der Waals surface area contributed by atoms with Crippen molar-refractivity contribution in [2.24, 2.45) is 0 Å². The molecule has 26 heavy (non-hydrogen) atoms. The van der Waals surface area contributed by atoms with Crippen molar-refractivity contribution in [1.29, 1.82) is 0 Å². The Kier molecular flexibility index (Phi) is 6.68. The van der Waals surface area contributed by atoms with E-state index in [1.165, 1.54) is 6.07 Å². The van der Waals surface area contributed by atoms with Gasteiger partial charge in [-0.05, 0) is 24.6 Å². The highest BCUT2D eigenvalue weighted by Crippen LogP contribution is 2.26. The van der Waals surface area contributed by atoms with Crippen molar-refractivity contribution in [3.05, 3.63) is 69.3 Å². The van der Waals surface area contributed by atoms with Crippen LogP contribution in [0.2, 0.25) is 0 Å². The lowest BCUT2D eigenvalue weighted by Gasteiger charge is -2.18. The van der Waals surface area contributed by atoms with Gasteiger partial charge in [-0.2, -0.15) is 0 Å². The summed E-state index contributed by atoms with van der Waals surface area (Å²) in [5.41, 5.74) is 2.66. The molecule has 2 rings (SSSR count). The molecule has 0 aliphatic heterocycles. The largest absolute Gasteiger partial charge is 0.383 e. The van der Waals surface area contributed by atoms with Crippen molar-refractivity contribution >= 4 is 17.3 Å². The van der Waals surface area contributed by atoms with Crippen molar-refractivity contribution in [3.8, 4) is 0 Å². The number of carbonyl (C=O) groups excluding carboxylic acids is 1. The Labute approximate surface area is 152 Å². The molecule has 0 aliphatic carbocycles. The molecule has 0 heterocycles. The molecule has 138 valence electrons. The van der Waals surface area contributed by atoms with Crippen LogP contribution in [-0.4, -0.2) is 43.0 Å². The minimum atomic E-state index is -0.494. The second-order valence-electron chi connectivity index (χ2n) is 6.06. The molecule has 7 heteroatoms. The zero-order valence-corrected chi connectivity index (χ0v) is 15.2. The number of ether oxygens (including phenoxy) is 1. The first-order chi connectivity index (χ1) is 12.4. The molecule has 0 saturated carbocycles. The van der Waals surface area contributed by atoms with E-state index < -0.39 is 4.92 Å². The maximum absolute atomic E-state index is 12.6. The third-order valence-electron chi connectivity index (χ3n) is 3.95. The number of methoxy groups -OCH3 is 1. The number of nitro benzene ring substituents is 1. The molecular weight excluding hydrogens is 334 g/mol. The van der Waals surface area contributed by atoms with Gasteiger partial charge in [0, 0.05) is 38.9 Å². The Morgan fingerprint density at radius 2 is 1.92 bits per heavy atom. The van der Waals surface area contributed by atoms with E-state index >= 15 is 0 Å². The SMILES string of the molecule is COCCNc1ccc(C(=O)N(C)Cc2ccc(C)cc2)cc1[N+](=O)[O-]. The lowest BCUT2D eigenvalue weighted by molar-refractivity contribution is -0.384. The predicted octanol–water partition coefficient (Wildman–Crippen LogP) is 3.23. The number of aryl methyl sites for hydroxylation is 1. The lowest BCUT2D eigenvalue weighted by atomic mass is 10.1. The second kappa shape index (κ2) is 8.96. The number of amides is 1. The van der Waals surface area contributed by atoms with Gasteiger partial charge >= 0.3 is 0 Å². The van der Waals surface area contributed by atoms with E-state index in [4.69, 9.17) is 4.74 Å². The first-order valence-electron chi connectivity index (χ1n) is 8.24. The molecule has 1 N–H and O–H groups in total. The summed E-state index contributed by atoms with van der Waals surface area (Å²) in [6.07, 6.45) is 0. The summed E-state index contributed by atoms with van der Waals surface area (Å²) in [6.45, 7) is 3.30.